The van der Waals surface area contributed by atoms with E-state index in [9.17, 15) is 4.79 Å². The fraction of sp³-hybridized carbons (Fsp3) is 0.923. The first-order valence-corrected chi connectivity index (χ1v) is 7.95. The van der Waals surface area contributed by atoms with Crippen LogP contribution in [0.5, 0.6) is 0 Å². The molecule has 1 aliphatic heterocycles. The van der Waals surface area contributed by atoms with E-state index < -0.39 is 0 Å². The van der Waals surface area contributed by atoms with Gasteiger partial charge in [0.2, 0.25) is 0 Å². The van der Waals surface area contributed by atoms with Crippen molar-refractivity contribution in [2.24, 2.45) is 11.8 Å². The van der Waals surface area contributed by atoms with Gasteiger partial charge in [-0.15, -0.1) is 0 Å². The fourth-order valence-corrected chi connectivity index (χ4v) is 3.66. The van der Waals surface area contributed by atoms with Gasteiger partial charge in [0.25, 0.3) is 0 Å². The molecule has 0 aromatic rings. The lowest BCUT2D eigenvalue weighted by atomic mass is 10.1. The van der Waals surface area contributed by atoms with Crippen LogP contribution >= 0.6 is 22.6 Å². The first-order valence-electron chi connectivity index (χ1n) is 6.70. The Bertz CT molecular complexity index is 278. The minimum atomic E-state index is -0.0607. The summed E-state index contributed by atoms with van der Waals surface area (Å²) in [6, 6.07) is 0. The Balaban J connectivity index is 1.74. The molecule has 0 N–H and O–H groups in total. The summed E-state index contributed by atoms with van der Waals surface area (Å²) in [6.07, 6.45) is 2.98. The first-order chi connectivity index (χ1) is 8.70. The topological polar surface area (TPSA) is 44.8 Å². The zero-order valence-electron chi connectivity index (χ0n) is 10.8. The Labute approximate surface area is 122 Å². The molecule has 2 fully saturated rings. The maximum absolute atomic E-state index is 11.7. The number of halogens is 1. The molecule has 5 heteroatoms. The van der Waals surface area contributed by atoms with Crippen LogP contribution in [0, 0.1) is 11.8 Å². The molecule has 2 aliphatic rings. The monoisotopic (exact) mass is 368 g/mol. The van der Waals surface area contributed by atoms with E-state index in [2.05, 4.69) is 22.6 Å². The lowest BCUT2D eigenvalue weighted by Gasteiger charge is -2.17. The van der Waals surface area contributed by atoms with Crippen LogP contribution in [-0.2, 0) is 19.0 Å². The quantitative estimate of drug-likeness (QED) is 0.424. The molecule has 4 nitrogen and oxygen atoms in total. The van der Waals surface area contributed by atoms with Gasteiger partial charge in [-0.2, -0.15) is 0 Å². The Kier molecular flexibility index (Phi) is 5.69. The zero-order valence-corrected chi connectivity index (χ0v) is 12.9. The van der Waals surface area contributed by atoms with E-state index in [0.29, 0.717) is 16.4 Å². The van der Waals surface area contributed by atoms with Crippen molar-refractivity contribution in [1.82, 2.24) is 0 Å². The van der Waals surface area contributed by atoms with Crippen molar-refractivity contribution in [2.75, 3.05) is 26.4 Å². The van der Waals surface area contributed by atoms with Crippen molar-refractivity contribution in [3.63, 3.8) is 0 Å². The molecule has 0 amide bonds. The number of carbonyl (C=O) groups excluding carboxylic acids is 1. The van der Waals surface area contributed by atoms with Crippen LogP contribution in [-0.4, -0.2) is 42.4 Å². The van der Waals surface area contributed by atoms with Gasteiger partial charge in [-0.1, -0.05) is 22.6 Å². The van der Waals surface area contributed by atoms with Gasteiger partial charge in [0.05, 0.1) is 31.8 Å². The summed E-state index contributed by atoms with van der Waals surface area (Å²) < 4.78 is 16.8. The molecular weight excluding hydrogens is 347 g/mol. The molecule has 0 bridgehead atoms. The summed E-state index contributed by atoms with van der Waals surface area (Å²) in [5.74, 6) is 0.501. The van der Waals surface area contributed by atoms with Gasteiger partial charge in [0, 0.05) is 16.4 Å². The minimum absolute atomic E-state index is 0.0247. The highest BCUT2D eigenvalue weighted by Crippen LogP contribution is 2.35. The predicted octanol–water partition coefficient (Wildman–Crippen LogP) is 2.18. The number of hydrogen-bond acceptors (Lipinski definition) is 4. The van der Waals surface area contributed by atoms with E-state index in [1.165, 1.54) is 0 Å². The highest BCUT2D eigenvalue weighted by Gasteiger charge is 2.38. The first kappa shape index (κ1) is 14.5. The van der Waals surface area contributed by atoms with Crippen LogP contribution in [0.15, 0.2) is 0 Å². The SMILES string of the molecule is CCOC(=O)C1CC(I)C(OCC2CCOC2)C1. The number of alkyl halides is 1. The summed E-state index contributed by atoms with van der Waals surface area (Å²) in [5, 5.41) is 0. The van der Waals surface area contributed by atoms with Crippen LogP contribution < -0.4 is 0 Å². The summed E-state index contributed by atoms with van der Waals surface area (Å²) >= 11 is 2.39. The number of esters is 1. The van der Waals surface area contributed by atoms with Crippen LogP contribution in [0.1, 0.15) is 26.2 Å². The summed E-state index contributed by atoms with van der Waals surface area (Å²) in [4.78, 5) is 11.7. The van der Waals surface area contributed by atoms with E-state index in [1.54, 1.807) is 0 Å². The summed E-state index contributed by atoms with van der Waals surface area (Å²) in [5.41, 5.74) is 0. The zero-order chi connectivity index (χ0) is 13.0. The molecule has 0 spiro atoms. The van der Waals surface area contributed by atoms with Crippen molar-refractivity contribution in [3.8, 4) is 0 Å². The molecule has 0 aromatic carbocycles. The fourth-order valence-electron chi connectivity index (χ4n) is 2.55. The van der Waals surface area contributed by atoms with Crippen molar-refractivity contribution < 1.29 is 19.0 Å². The molecule has 2 rings (SSSR count). The average Bonchev–Trinajstić information content (AvgIpc) is 2.96. The van der Waals surface area contributed by atoms with Crippen LogP contribution in [0.2, 0.25) is 0 Å². The minimum Gasteiger partial charge on any atom is -0.466 e. The molecule has 104 valence electrons. The highest BCUT2D eigenvalue weighted by molar-refractivity contribution is 14.1. The van der Waals surface area contributed by atoms with Crippen molar-refractivity contribution in [3.05, 3.63) is 0 Å². The summed E-state index contributed by atoms with van der Waals surface area (Å²) in [7, 11) is 0. The molecule has 1 heterocycles. The van der Waals surface area contributed by atoms with Gasteiger partial charge < -0.3 is 14.2 Å². The van der Waals surface area contributed by atoms with E-state index in [4.69, 9.17) is 14.2 Å². The highest BCUT2D eigenvalue weighted by atomic mass is 127. The number of carbonyl (C=O) groups is 1. The molecule has 1 saturated carbocycles. The largest absolute Gasteiger partial charge is 0.466 e. The Morgan fingerprint density at radius 2 is 2.28 bits per heavy atom. The molecule has 0 radical (unpaired) electrons. The Morgan fingerprint density at radius 3 is 2.94 bits per heavy atom. The van der Waals surface area contributed by atoms with Gasteiger partial charge in [-0.25, -0.2) is 0 Å². The number of rotatable bonds is 5. The second-order valence-corrected chi connectivity index (χ2v) is 6.64. The third-order valence-electron chi connectivity index (χ3n) is 3.62. The van der Waals surface area contributed by atoms with Gasteiger partial charge in [0.15, 0.2) is 0 Å². The predicted molar refractivity (Wildman–Crippen MR) is 75.8 cm³/mol. The third-order valence-corrected chi connectivity index (χ3v) is 4.93. The van der Waals surface area contributed by atoms with Crippen LogP contribution in [0.25, 0.3) is 0 Å². The molecule has 0 aromatic heterocycles. The van der Waals surface area contributed by atoms with Gasteiger partial charge in [0.1, 0.15) is 0 Å². The second kappa shape index (κ2) is 7.05. The number of hydrogen-bond donors (Lipinski definition) is 0. The molecule has 18 heavy (non-hydrogen) atoms. The number of ether oxygens (including phenoxy) is 3. The van der Waals surface area contributed by atoms with Gasteiger partial charge in [-0.3, -0.25) is 4.79 Å². The second-order valence-electron chi connectivity index (χ2n) is 5.04. The third kappa shape index (κ3) is 3.81. The average molecular weight is 368 g/mol. The lowest BCUT2D eigenvalue weighted by molar-refractivity contribution is -0.148. The van der Waals surface area contributed by atoms with E-state index in [-0.39, 0.29) is 18.0 Å². The molecule has 1 aliphatic carbocycles. The maximum Gasteiger partial charge on any atom is 0.309 e. The van der Waals surface area contributed by atoms with Crippen LogP contribution in [0.4, 0.5) is 0 Å². The van der Waals surface area contributed by atoms with Crippen molar-refractivity contribution in [1.29, 1.82) is 0 Å². The molecular formula is C13H21IO4. The van der Waals surface area contributed by atoms with Crippen molar-refractivity contribution >= 4 is 28.6 Å². The Hall–Kier alpha value is 0.120. The molecule has 1 saturated heterocycles. The van der Waals surface area contributed by atoms with E-state index >= 15 is 0 Å². The van der Waals surface area contributed by atoms with Crippen molar-refractivity contribution in [2.45, 2.75) is 36.2 Å². The standard InChI is InChI=1S/C13H21IO4/c1-2-17-13(15)10-5-11(14)12(6-10)18-8-9-3-4-16-7-9/h9-12H,2-8H2,1H3. The Morgan fingerprint density at radius 1 is 1.44 bits per heavy atom. The summed E-state index contributed by atoms with van der Waals surface area (Å²) in [6.45, 7) is 4.76. The molecule has 4 unspecified atom stereocenters. The lowest BCUT2D eigenvalue weighted by Crippen LogP contribution is -2.22. The molecule has 4 atom stereocenters. The maximum atomic E-state index is 11.7. The van der Waals surface area contributed by atoms with Crippen LogP contribution in [0.3, 0.4) is 0 Å². The van der Waals surface area contributed by atoms with E-state index in [0.717, 1.165) is 39.1 Å². The van der Waals surface area contributed by atoms with E-state index in [1.807, 2.05) is 6.92 Å². The van der Waals surface area contributed by atoms with Gasteiger partial charge >= 0.3 is 5.97 Å². The smallest absolute Gasteiger partial charge is 0.309 e. The van der Waals surface area contributed by atoms with Gasteiger partial charge in [-0.05, 0) is 26.2 Å². The normalized spacial score (nSPS) is 35.9.